The number of ether oxygens (including phenoxy) is 1. The van der Waals surface area contributed by atoms with Gasteiger partial charge in [-0.1, -0.05) is 24.3 Å². The van der Waals surface area contributed by atoms with E-state index in [4.69, 9.17) is 5.26 Å². The predicted molar refractivity (Wildman–Crippen MR) is 84.4 cm³/mol. The molecule has 1 amide bonds. The smallest absolute Gasteiger partial charge is 0.422 e. The Labute approximate surface area is 142 Å². The number of carbonyl (C=O) groups excluding carboxylic acids is 2. The van der Waals surface area contributed by atoms with Crippen LogP contribution in [0.2, 0.25) is 0 Å². The molecule has 1 aliphatic heterocycles. The lowest BCUT2D eigenvalue weighted by Crippen LogP contribution is -2.50. The van der Waals surface area contributed by atoms with Gasteiger partial charge in [-0.2, -0.15) is 14.0 Å². The van der Waals surface area contributed by atoms with Crippen molar-refractivity contribution in [3.8, 4) is 11.8 Å². The molecule has 0 fully saturated rings. The standard InChI is InChI=1S/C18H12F2N2O3/c1-11(23)14-7-4-8-15-16(14)25-18(19,20)17(24)22(15)10-13-6-3-2-5-12(13)9-21/h2-8H,10H2,1H3. The van der Waals surface area contributed by atoms with Crippen LogP contribution in [0, 0.1) is 11.3 Å². The number of hydrogen-bond donors (Lipinski definition) is 0. The molecule has 3 rings (SSSR count). The van der Waals surface area contributed by atoms with E-state index >= 15 is 0 Å². The van der Waals surface area contributed by atoms with Gasteiger partial charge in [0.25, 0.3) is 0 Å². The van der Waals surface area contributed by atoms with Gasteiger partial charge in [0.1, 0.15) is 0 Å². The Hall–Kier alpha value is -3.27. The van der Waals surface area contributed by atoms with Crippen molar-refractivity contribution in [2.24, 2.45) is 0 Å². The molecule has 0 atom stereocenters. The summed E-state index contributed by atoms with van der Waals surface area (Å²) in [6.07, 6.45) is -4.10. The van der Waals surface area contributed by atoms with Crippen molar-refractivity contribution in [3.63, 3.8) is 0 Å². The Kier molecular flexibility index (Phi) is 3.97. The number of anilines is 1. The lowest BCUT2D eigenvalue weighted by molar-refractivity contribution is -0.193. The second kappa shape index (κ2) is 5.98. The molecule has 0 spiro atoms. The van der Waals surface area contributed by atoms with E-state index in [0.29, 0.717) is 5.56 Å². The Bertz CT molecular complexity index is 919. The van der Waals surface area contributed by atoms with Crippen molar-refractivity contribution in [1.29, 1.82) is 5.26 Å². The van der Waals surface area contributed by atoms with Gasteiger partial charge in [0.15, 0.2) is 11.5 Å². The number of para-hydroxylation sites is 1. The molecular weight excluding hydrogens is 330 g/mol. The van der Waals surface area contributed by atoms with Crippen LogP contribution in [0.15, 0.2) is 42.5 Å². The number of Topliss-reactive ketones (excluding diaryl/α,β-unsaturated/α-hetero) is 1. The average Bonchev–Trinajstić information content (AvgIpc) is 2.58. The zero-order valence-electron chi connectivity index (χ0n) is 13.1. The second-order valence-electron chi connectivity index (χ2n) is 5.49. The Morgan fingerprint density at radius 3 is 2.64 bits per heavy atom. The maximum Gasteiger partial charge on any atom is 0.483 e. The first-order valence-corrected chi connectivity index (χ1v) is 7.36. The fraction of sp³-hybridized carbons (Fsp3) is 0.167. The molecule has 25 heavy (non-hydrogen) atoms. The molecule has 0 saturated carbocycles. The predicted octanol–water partition coefficient (Wildman–Crippen LogP) is 3.28. The maximum absolute atomic E-state index is 14.1. The van der Waals surface area contributed by atoms with Crippen LogP contribution in [0.4, 0.5) is 14.5 Å². The van der Waals surface area contributed by atoms with Crippen LogP contribution in [0.1, 0.15) is 28.4 Å². The number of rotatable bonds is 3. The van der Waals surface area contributed by atoms with Crippen molar-refractivity contribution in [1.82, 2.24) is 0 Å². The van der Waals surface area contributed by atoms with Crippen LogP contribution in [0.3, 0.4) is 0 Å². The van der Waals surface area contributed by atoms with Gasteiger partial charge in [0, 0.05) is 0 Å². The van der Waals surface area contributed by atoms with Crippen molar-refractivity contribution in [2.75, 3.05) is 4.90 Å². The minimum absolute atomic E-state index is 0.0387. The normalized spacial score (nSPS) is 15.1. The highest BCUT2D eigenvalue weighted by atomic mass is 19.3. The highest BCUT2D eigenvalue weighted by Gasteiger charge is 2.51. The Balaban J connectivity index is 2.14. The Morgan fingerprint density at radius 2 is 1.96 bits per heavy atom. The molecular formula is C18H12F2N2O3. The summed E-state index contributed by atoms with van der Waals surface area (Å²) in [5, 5.41) is 9.16. The van der Waals surface area contributed by atoms with Gasteiger partial charge in [-0.05, 0) is 30.7 Å². The molecule has 0 saturated heterocycles. The van der Waals surface area contributed by atoms with E-state index in [0.717, 1.165) is 4.90 Å². The van der Waals surface area contributed by atoms with E-state index in [2.05, 4.69) is 4.74 Å². The summed E-state index contributed by atoms with van der Waals surface area (Å²) in [6.45, 7) is 0.985. The second-order valence-corrected chi connectivity index (χ2v) is 5.49. The topological polar surface area (TPSA) is 70.4 Å². The van der Waals surface area contributed by atoms with E-state index in [1.165, 1.54) is 31.2 Å². The third kappa shape index (κ3) is 2.83. The molecule has 2 aromatic rings. The molecule has 0 radical (unpaired) electrons. The van der Waals surface area contributed by atoms with Crippen LogP contribution in [-0.2, 0) is 11.3 Å². The summed E-state index contributed by atoms with van der Waals surface area (Å²) in [6, 6.07) is 12.6. The lowest BCUT2D eigenvalue weighted by Gasteiger charge is -2.34. The van der Waals surface area contributed by atoms with Gasteiger partial charge in [0.2, 0.25) is 0 Å². The zero-order chi connectivity index (χ0) is 18.2. The molecule has 0 bridgehead atoms. The average molecular weight is 342 g/mol. The number of ketones is 1. The van der Waals surface area contributed by atoms with Crippen molar-refractivity contribution in [2.45, 2.75) is 19.6 Å². The van der Waals surface area contributed by atoms with Gasteiger partial charge >= 0.3 is 12.0 Å². The maximum atomic E-state index is 14.1. The van der Waals surface area contributed by atoms with Gasteiger partial charge in [0.05, 0.1) is 29.4 Å². The quantitative estimate of drug-likeness (QED) is 0.803. The van der Waals surface area contributed by atoms with Crippen LogP contribution < -0.4 is 9.64 Å². The number of amides is 1. The zero-order valence-corrected chi connectivity index (χ0v) is 13.1. The van der Waals surface area contributed by atoms with Gasteiger partial charge in [-0.15, -0.1) is 0 Å². The lowest BCUT2D eigenvalue weighted by atomic mass is 10.0. The third-order valence-electron chi connectivity index (χ3n) is 3.85. The van der Waals surface area contributed by atoms with Crippen LogP contribution >= 0.6 is 0 Å². The van der Waals surface area contributed by atoms with Crippen LogP contribution in [-0.4, -0.2) is 17.8 Å². The van der Waals surface area contributed by atoms with Crippen molar-refractivity contribution < 1.29 is 23.1 Å². The van der Waals surface area contributed by atoms with E-state index in [1.54, 1.807) is 18.2 Å². The summed E-state index contributed by atoms with van der Waals surface area (Å²) < 4.78 is 32.7. The number of fused-ring (bicyclic) bond motifs is 1. The number of hydrogen-bond acceptors (Lipinski definition) is 4. The molecule has 1 aliphatic rings. The number of alkyl halides is 2. The van der Waals surface area contributed by atoms with Gasteiger partial charge < -0.3 is 4.74 Å². The van der Waals surface area contributed by atoms with Crippen molar-refractivity contribution in [3.05, 3.63) is 59.2 Å². The van der Waals surface area contributed by atoms with E-state index < -0.39 is 17.8 Å². The molecule has 0 aromatic heterocycles. The number of nitriles is 1. The fourth-order valence-corrected chi connectivity index (χ4v) is 2.65. The van der Waals surface area contributed by atoms with E-state index in [1.807, 2.05) is 6.07 Å². The SMILES string of the molecule is CC(=O)c1cccc2c1OC(F)(F)C(=O)N2Cc1ccccc1C#N. The number of halogens is 2. The monoisotopic (exact) mass is 342 g/mol. The number of carbonyl (C=O) groups is 2. The van der Waals surface area contributed by atoms with E-state index in [-0.39, 0.29) is 29.1 Å². The molecule has 126 valence electrons. The summed E-state index contributed by atoms with van der Waals surface area (Å²) >= 11 is 0. The molecule has 0 N–H and O–H groups in total. The minimum atomic E-state index is -4.10. The number of nitrogens with zero attached hydrogens (tertiary/aromatic N) is 2. The van der Waals surface area contributed by atoms with Crippen molar-refractivity contribution >= 4 is 17.4 Å². The first-order valence-electron chi connectivity index (χ1n) is 7.36. The van der Waals surface area contributed by atoms with Crippen LogP contribution in [0.25, 0.3) is 0 Å². The first kappa shape index (κ1) is 16.6. The van der Waals surface area contributed by atoms with Crippen LogP contribution in [0.5, 0.6) is 5.75 Å². The number of benzene rings is 2. The molecule has 5 nitrogen and oxygen atoms in total. The molecule has 0 unspecified atom stereocenters. The minimum Gasteiger partial charge on any atom is -0.422 e. The summed E-state index contributed by atoms with van der Waals surface area (Å²) in [5.41, 5.74) is 0.712. The first-order chi connectivity index (χ1) is 11.8. The summed E-state index contributed by atoms with van der Waals surface area (Å²) in [7, 11) is 0. The fourth-order valence-electron chi connectivity index (χ4n) is 2.65. The molecule has 2 aromatic carbocycles. The molecule has 7 heteroatoms. The summed E-state index contributed by atoms with van der Waals surface area (Å²) in [4.78, 5) is 24.7. The van der Waals surface area contributed by atoms with E-state index in [9.17, 15) is 18.4 Å². The third-order valence-corrected chi connectivity index (χ3v) is 3.85. The Morgan fingerprint density at radius 1 is 1.24 bits per heavy atom. The highest BCUT2D eigenvalue weighted by molar-refractivity contribution is 6.05. The largest absolute Gasteiger partial charge is 0.483 e. The van der Waals surface area contributed by atoms with Gasteiger partial charge in [-0.25, -0.2) is 0 Å². The highest BCUT2D eigenvalue weighted by Crippen LogP contribution is 2.42. The molecule has 0 aliphatic carbocycles. The molecule has 1 heterocycles. The van der Waals surface area contributed by atoms with Gasteiger partial charge in [-0.3, -0.25) is 14.5 Å². The summed E-state index contributed by atoms with van der Waals surface area (Å²) in [5.74, 6) is -2.35.